The summed E-state index contributed by atoms with van der Waals surface area (Å²) in [4.78, 5) is 14.8. The third-order valence-electron chi connectivity index (χ3n) is 2.77. The summed E-state index contributed by atoms with van der Waals surface area (Å²) in [6, 6.07) is 9.19. The highest BCUT2D eigenvalue weighted by Gasteiger charge is 2.03. The first-order chi connectivity index (χ1) is 9.67. The topological polar surface area (TPSA) is 66.2 Å². The second-order valence-electron chi connectivity index (χ2n) is 4.48. The lowest BCUT2D eigenvalue weighted by Gasteiger charge is -2.07. The molecule has 2 amide bonds. The minimum atomic E-state index is -0.262. The first-order valence-corrected chi connectivity index (χ1v) is 6.57. The largest absolute Gasteiger partial charge is 0.377 e. The summed E-state index contributed by atoms with van der Waals surface area (Å²) >= 11 is 0. The molecule has 0 fully saturated rings. The summed E-state index contributed by atoms with van der Waals surface area (Å²) in [7, 11) is 0. The summed E-state index contributed by atoms with van der Waals surface area (Å²) in [6.45, 7) is 5.17. The Labute approximate surface area is 118 Å². The van der Waals surface area contributed by atoms with Crippen LogP contribution >= 0.6 is 0 Å². The van der Waals surface area contributed by atoms with Crippen LogP contribution in [0.3, 0.4) is 0 Å². The normalized spacial score (nSPS) is 10.3. The molecular weight excluding hydrogens is 254 g/mol. The van der Waals surface area contributed by atoms with E-state index in [0.717, 1.165) is 22.6 Å². The molecule has 0 aliphatic heterocycles. The van der Waals surface area contributed by atoms with Gasteiger partial charge in [0.25, 0.3) is 0 Å². The predicted molar refractivity (Wildman–Crippen MR) is 79.9 cm³/mol. The van der Waals surface area contributed by atoms with Gasteiger partial charge in [-0.25, -0.2) is 4.79 Å². The molecular formula is C15H19N3O2. The summed E-state index contributed by atoms with van der Waals surface area (Å²) in [5, 5.41) is 5.53. The van der Waals surface area contributed by atoms with Gasteiger partial charge < -0.3 is 20.4 Å². The molecule has 5 heteroatoms. The van der Waals surface area contributed by atoms with Crippen LogP contribution in [0.5, 0.6) is 0 Å². The SMILES string of the molecule is CCOCc1ccc(NC(=O)Nc2c[nH]c(C)c2)cc1. The van der Waals surface area contributed by atoms with E-state index >= 15 is 0 Å². The standard InChI is InChI=1S/C15H19N3O2/c1-3-20-10-12-4-6-13(7-5-12)17-15(19)18-14-8-11(2)16-9-14/h4-9,16H,3,10H2,1-2H3,(H2,17,18,19). The third kappa shape index (κ3) is 4.13. The number of carbonyl (C=O) groups excluding carboxylic acids is 1. The Bertz CT molecular complexity index is 561. The van der Waals surface area contributed by atoms with Gasteiger partial charge in [-0.15, -0.1) is 0 Å². The molecule has 20 heavy (non-hydrogen) atoms. The number of aromatic amines is 1. The quantitative estimate of drug-likeness (QED) is 0.780. The summed E-state index contributed by atoms with van der Waals surface area (Å²) in [5.41, 5.74) is 3.57. The average Bonchev–Trinajstić information content (AvgIpc) is 2.83. The molecule has 0 bridgehead atoms. The lowest BCUT2D eigenvalue weighted by Crippen LogP contribution is -2.19. The first-order valence-electron chi connectivity index (χ1n) is 6.57. The Balaban J connectivity index is 1.87. The van der Waals surface area contributed by atoms with Crippen LogP contribution in [-0.4, -0.2) is 17.6 Å². The zero-order chi connectivity index (χ0) is 14.4. The van der Waals surface area contributed by atoms with E-state index in [1.165, 1.54) is 0 Å². The Kier molecular flexibility index (Phi) is 4.79. The van der Waals surface area contributed by atoms with Crippen molar-refractivity contribution in [3.8, 4) is 0 Å². The van der Waals surface area contributed by atoms with Crippen molar-refractivity contribution >= 4 is 17.4 Å². The van der Waals surface area contributed by atoms with Gasteiger partial charge in [-0.3, -0.25) is 0 Å². The minimum absolute atomic E-state index is 0.262. The van der Waals surface area contributed by atoms with Crippen molar-refractivity contribution in [3.63, 3.8) is 0 Å². The van der Waals surface area contributed by atoms with E-state index in [0.29, 0.717) is 13.2 Å². The number of hydrogen-bond acceptors (Lipinski definition) is 2. The Morgan fingerprint density at radius 2 is 1.90 bits per heavy atom. The molecule has 1 aromatic carbocycles. The maximum absolute atomic E-state index is 11.8. The second-order valence-corrected chi connectivity index (χ2v) is 4.48. The van der Waals surface area contributed by atoms with Gasteiger partial charge in [-0.2, -0.15) is 0 Å². The smallest absolute Gasteiger partial charge is 0.323 e. The number of amides is 2. The molecule has 0 aliphatic carbocycles. The van der Waals surface area contributed by atoms with E-state index in [1.807, 2.05) is 44.2 Å². The van der Waals surface area contributed by atoms with Crippen LogP contribution in [0.25, 0.3) is 0 Å². The molecule has 2 aromatic rings. The van der Waals surface area contributed by atoms with Gasteiger partial charge in [-0.05, 0) is 37.6 Å². The molecule has 0 radical (unpaired) electrons. The van der Waals surface area contributed by atoms with Crippen LogP contribution in [0.15, 0.2) is 36.5 Å². The van der Waals surface area contributed by atoms with E-state index in [9.17, 15) is 4.79 Å². The van der Waals surface area contributed by atoms with Crippen LogP contribution < -0.4 is 10.6 Å². The molecule has 106 valence electrons. The number of aromatic nitrogens is 1. The molecule has 1 aromatic heterocycles. The van der Waals surface area contributed by atoms with Crippen molar-refractivity contribution in [1.29, 1.82) is 0 Å². The molecule has 3 N–H and O–H groups in total. The van der Waals surface area contributed by atoms with Crippen molar-refractivity contribution in [2.24, 2.45) is 0 Å². The molecule has 0 unspecified atom stereocenters. The van der Waals surface area contributed by atoms with Crippen LogP contribution in [0.2, 0.25) is 0 Å². The van der Waals surface area contributed by atoms with Crippen LogP contribution in [-0.2, 0) is 11.3 Å². The zero-order valence-corrected chi connectivity index (χ0v) is 11.7. The highest BCUT2D eigenvalue weighted by atomic mass is 16.5. The monoisotopic (exact) mass is 273 g/mol. The Morgan fingerprint density at radius 1 is 1.20 bits per heavy atom. The van der Waals surface area contributed by atoms with Gasteiger partial charge in [-0.1, -0.05) is 12.1 Å². The van der Waals surface area contributed by atoms with Crippen molar-refractivity contribution in [3.05, 3.63) is 47.8 Å². The maximum atomic E-state index is 11.8. The first kappa shape index (κ1) is 14.1. The van der Waals surface area contributed by atoms with Crippen molar-refractivity contribution in [2.45, 2.75) is 20.5 Å². The zero-order valence-electron chi connectivity index (χ0n) is 11.7. The molecule has 5 nitrogen and oxygen atoms in total. The second kappa shape index (κ2) is 6.77. The predicted octanol–water partition coefficient (Wildman–Crippen LogP) is 3.50. The van der Waals surface area contributed by atoms with Gasteiger partial charge in [0.15, 0.2) is 0 Å². The Morgan fingerprint density at radius 3 is 2.50 bits per heavy atom. The minimum Gasteiger partial charge on any atom is -0.377 e. The number of urea groups is 1. The van der Waals surface area contributed by atoms with Crippen LogP contribution in [0, 0.1) is 6.92 Å². The van der Waals surface area contributed by atoms with Gasteiger partial charge >= 0.3 is 6.03 Å². The van der Waals surface area contributed by atoms with Gasteiger partial charge in [0.05, 0.1) is 12.3 Å². The number of H-pyrrole nitrogens is 1. The van der Waals surface area contributed by atoms with Gasteiger partial charge in [0.2, 0.25) is 0 Å². The van der Waals surface area contributed by atoms with E-state index in [1.54, 1.807) is 6.20 Å². The fourth-order valence-electron chi connectivity index (χ4n) is 1.78. The van der Waals surface area contributed by atoms with E-state index < -0.39 is 0 Å². The molecule has 1 heterocycles. The molecule has 0 spiro atoms. The molecule has 0 saturated heterocycles. The number of hydrogen-bond donors (Lipinski definition) is 3. The van der Waals surface area contributed by atoms with E-state index in [2.05, 4.69) is 15.6 Å². The van der Waals surface area contributed by atoms with Crippen LogP contribution in [0.1, 0.15) is 18.2 Å². The summed E-state index contributed by atoms with van der Waals surface area (Å²) in [5.74, 6) is 0. The number of benzene rings is 1. The fourth-order valence-corrected chi connectivity index (χ4v) is 1.78. The van der Waals surface area contributed by atoms with Crippen molar-refractivity contribution in [1.82, 2.24) is 4.98 Å². The summed E-state index contributed by atoms with van der Waals surface area (Å²) in [6.07, 6.45) is 1.75. The van der Waals surface area contributed by atoms with E-state index in [4.69, 9.17) is 4.74 Å². The number of aryl methyl sites for hydroxylation is 1. The van der Waals surface area contributed by atoms with Gasteiger partial charge in [0.1, 0.15) is 0 Å². The third-order valence-corrected chi connectivity index (χ3v) is 2.77. The Hall–Kier alpha value is -2.27. The fraction of sp³-hybridized carbons (Fsp3) is 0.267. The summed E-state index contributed by atoms with van der Waals surface area (Å²) < 4.78 is 5.32. The number of rotatable bonds is 5. The van der Waals surface area contributed by atoms with Crippen LogP contribution in [0.4, 0.5) is 16.2 Å². The highest BCUT2D eigenvalue weighted by molar-refractivity contribution is 5.99. The van der Waals surface area contributed by atoms with E-state index in [-0.39, 0.29) is 6.03 Å². The lowest BCUT2D eigenvalue weighted by atomic mass is 10.2. The maximum Gasteiger partial charge on any atom is 0.323 e. The van der Waals surface area contributed by atoms with Crippen molar-refractivity contribution in [2.75, 3.05) is 17.2 Å². The average molecular weight is 273 g/mol. The molecule has 0 saturated carbocycles. The van der Waals surface area contributed by atoms with Gasteiger partial charge in [0, 0.05) is 24.2 Å². The lowest BCUT2D eigenvalue weighted by molar-refractivity contribution is 0.134. The van der Waals surface area contributed by atoms with Crippen molar-refractivity contribution < 1.29 is 9.53 Å². The number of ether oxygens (including phenoxy) is 1. The highest BCUT2D eigenvalue weighted by Crippen LogP contribution is 2.12. The number of carbonyl (C=O) groups is 1. The number of anilines is 2. The number of nitrogens with one attached hydrogen (secondary N) is 3. The molecule has 0 atom stereocenters. The molecule has 0 aliphatic rings. The molecule has 2 rings (SSSR count).